The van der Waals surface area contributed by atoms with E-state index in [1.807, 2.05) is 0 Å². The van der Waals surface area contributed by atoms with Crippen LogP contribution in [0.3, 0.4) is 0 Å². The number of rotatable bonds is 11. The molecule has 0 saturated carbocycles. The molecule has 1 fully saturated rings. The van der Waals surface area contributed by atoms with Gasteiger partial charge in [0.2, 0.25) is 0 Å². The molecule has 0 unspecified atom stereocenters. The second-order valence-electron chi connectivity index (χ2n) is 8.97. The van der Waals surface area contributed by atoms with Gasteiger partial charge in [-0.15, -0.1) is 0 Å². The Kier molecular flexibility index (Phi) is 13.0. The van der Waals surface area contributed by atoms with Gasteiger partial charge in [0.15, 0.2) is 0 Å². The minimum Gasteiger partial charge on any atom is -0.480 e. The number of hydrogen-bond donors (Lipinski definition) is 6. The van der Waals surface area contributed by atoms with E-state index >= 15 is 0 Å². The van der Waals surface area contributed by atoms with Crippen LogP contribution in [0.2, 0.25) is 0 Å². The molecular formula is C23H36N8O8. The van der Waals surface area contributed by atoms with Gasteiger partial charge in [-0.2, -0.15) is 0 Å². The third-order valence-electron chi connectivity index (χ3n) is 5.96. The summed E-state index contributed by atoms with van der Waals surface area (Å²) >= 11 is 0. The fourth-order valence-electron chi connectivity index (χ4n) is 3.91. The Labute approximate surface area is 225 Å². The predicted octanol–water partition coefficient (Wildman–Crippen LogP) is -2.64. The van der Waals surface area contributed by atoms with E-state index in [0.717, 1.165) is 0 Å². The van der Waals surface area contributed by atoms with Crippen molar-refractivity contribution >= 4 is 35.5 Å². The van der Waals surface area contributed by atoms with Crippen LogP contribution in [0.15, 0.2) is 18.3 Å². The van der Waals surface area contributed by atoms with Gasteiger partial charge in [0.05, 0.1) is 31.7 Å². The molecule has 0 atom stereocenters. The van der Waals surface area contributed by atoms with Crippen molar-refractivity contribution in [3.05, 3.63) is 23.9 Å². The maximum atomic E-state index is 12.7. The highest BCUT2D eigenvalue weighted by Crippen LogP contribution is 2.04. The molecule has 16 nitrogen and oxygen atoms in total. The monoisotopic (exact) mass is 552 g/mol. The number of hydrogen-bond acceptors (Lipinski definition) is 11. The number of anilines is 1. The summed E-state index contributed by atoms with van der Waals surface area (Å²) < 4.78 is 0. The minimum absolute atomic E-state index is 0.0592. The lowest BCUT2D eigenvalue weighted by Crippen LogP contribution is -2.50. The van der Waals surface area contributed by atoms with Gasteiger partial charge in [-0.25, -0.2) is 4.98 Å². The summed E-state index contributed by atoms with van der Waals surface area (Å²) in [4.78, 5) is 69.2. The Balaban J connectivity index is 2.05. The fraction of sp³-hybridized carbons (Fsp3) is 0.565. The van der Waals surface area contributed by atoms with Gasteiger partial charge in [-0.05, 0) is 12.1 Å². The zero-order valence-electron chi connectivity index (χ0n) is 21.8. The summed E-state index contributed by atoms with van der Waals surface area (Å²) in [6.45, 7) is 1.60. The Bertz CT molecular complexity index is 961. The number of aliphatic carboxylic acids is 3. The standard InChI is InChI=1S/C23H36N8O8/c1-24-23(39)17-2-3-18(25-12-17)26-27-19(32)13-28-4-6-29(14-20(33)34)8-10-31(16-22(37)38)11-9-30(7-5-28)15-21(35)36/h2-3,12H,4-11,13-16H2,1H3,(H,24,39)(H,25,26)(H,27,32)(H,33,34)(H,35,36)(H,37,38). The molecule has 1 aliphatic heterocycles. The quantitative estimate of drug-likeness (QED) is 0.155. The Hall–Kier alpha value is -3.86. The van der Waals surface area contributed by atoms with Crippen LogP contribution < -0.4 is 16.2 Å². The van der Waals surface area contributed by atoms with Crippen LogP contribution in [0.5, 0.6) is 0 Å². The van der Waals surface area contributed by atoms with E-state index in [0.29, 0.717) is 37.6 Å². The summed E-state index contributed by atoms with van der Waals surface area (Å²) in [7, 11) is 1.50. The third-order valence-corrected chi connectivity index (χ3v) is 5.96. The van der Waals surface area contributed by atoms with E-state index in [9.17, 15) is 39.3 Å². The molecule has 39 heavy (non-hydrogen) atoms. The third kappa shape index (κ3) is 12.5. The number of carbonyl (C=O) groups excluding carboxylic acids is 2. The maximum absolute atomic E-state index is 12.7. The SMILES string of the molecule is CNC(=O)c1ccc(NNC(=O)CN2CCN(CC(=O)O)CCN(CC(=O)O)CCN(CC(=O)O)CC2)nc1. The molecule has 2 amide bonds. The first-order valence-electron chi connectivity index (χ1n) is 12.3. The Morgan fingerprint density at radius 3 is 1.46 bits per heavy atom. The zero-order valence-corrected chi connectivity index (χ0v) is 21.8. The summed E-state index contributed by atoms with van der Waals surface area (Å²) in [6.07, 6.45) is 1.36. The van der Waals surface area contributed by atoms with Crippen molar-refractivity contribution in [2.24, 2.45) is 0 Å². The second kappa shape index (κ2) is 16.2. The van der Waals surface area contributed by atoms with Crippen molar-refractivity contribution in [1.29, 1.82) is 0 Å². The highest BCUT2D eigenvalue weighted by molar-refractivity contribution is 5.93. The number of hydrazine groups is 1. The number of aromatic nitrogens is 1. The van der Waals surface area contributed by atoms with Crippen LogP contribution in [-0.4, -0.2) is 155 Å². The number of nitrogens with one attached hydrogen (secondary N) is 3. The molecule has 1 aliphatic rings. The first-order chi connectivity index (χ1) is 18.5. The predicted molar refractivity (Wildman–Crippen MR) is 138 cm³/mol. The molecule has 0 aromatic carbocycles. The second-order valence-corrected chi connectivity index (χ2v) is 8.97. The van der Waals surface area contributed by atoms with Gasteiger partial charge in [0.1, 0.15) is 5.82 Å². The van der Waals surface area contributed by atoms with Crippen molar-refractivity contribution in [3.63, 3.8) is 0 Å². The zero-order chi connectivity index (χ0) is 28.8. The summed E-state index contributed by atoms with van der Waals surface area (Å²) in [5.74, 6) is -3.46. The van der Waals surface area contributed by atoms with Crippen LogP contribution in [0, 0.1) is 0 Å². The topological polar surface area (TPSA) is 208 Å². The molecule has 1 aromatic heterocycles. The molecule has 216 valence electrons. The van der Waals surface area contributed by atoms with E-state index < -0.39 is 23.8 Å². The highest BCUT2D eigenvalue weighted by Gasteiger charge is 2.21. The van der Waals surface area contributed by atoms with Gasteiger partial charge in [0, 0.05) is 65.6 Å². The maximum Gasteiger partial charge on any atom is 0.317 e. The van der Waals surface area contributed by atoms with E-state index in [2.05, 4.69) is 21.2 Å². The van der Waals surface area contributed by atoms with E-state index in [-0.39, 0.29) is 58.3 Å². The number of pyridine rings is 1. The molecule has 0 bridgehead atoms. The smallest absolute Gasteiger partial charge is 0.317 e. The lowest BCUT2D eigenvalue weighted by atomic mass is 10.2. The summed E-state index contributed by atoms with van der Waals surface area (Å²) in [5, 5.41) is 30.3. The lowest BCUT2D eigenvalue weighted by molar-refractivity contribution is -0.140. The largest absolute Gasteiger partial charge is 0.480 e. The van der Waals surface area contributed by atoms with Crippen LogP contribution in [0.1, 0.15) is 10.4 Å². The number of amides is 2. The van der Waals surface area contributed by atoms with Crippen LogP contribution in [-0.2, 0) is 19.2 Å². The van der Waals surface area contributed by atoms with Crippen LogP contribution in [0.25, 0.3) is 0 Å². The highest BCUT2D eigenvalue weighted by atomic mass is 16.4. The van der Waals surface area contributed by atoms with Gasteiger partial charge in [-0.3, -0.25) is 54.4 Å². The van der Waals surface area contributed by atoms with Crippen molar-refractivity contribution < 1.29 is 39.3 Å². The van der Waals surface area contributed by atoms with Crippen molar-refractivity contribution in [2.75, 3.05) is 91.0 Å². The van der Waals surface area contributed by atoms with E-state index in [1.165, 1.54) is 19.3 Å². The molecule has 2 heterocycles. The van der Waals surface area contributed by atoms with Gasteiger partial charge in [-0.1, -0.05) is 0 Å². The molecule has 0 aliphatic carbocycles. The van der Waals surface area contributed by atoms with Crippen LogP contribution in [0.4, 0.5) is 5.82 Å². The van der Waals surface area contributed by atoms with Crippen LogP contribution >= 0.6 is 0 Å². The Morgan fingerprint density at radius 1 is 0.718 bits per heavy atom. The van der Waals surface area contributed by atoms with Gasteiger partial charge in [0.25, 0.3) is 11.8 Å². The normalized spacial score (nSPS) is 16.8. The number of nitrogens with zero attached hydrogens (tertiary/aromatic N) is 5. The number of carboxylic acid groups (broad SMARTS) is 3. The molecular weight excluding hydrogens is 516 g/mol. The fourth-order valence-corrected chi connectivity index (χ4v) is 3.91. The first-order valence-corrected chi connectivity index (χ1v) is 12.3. The molecule has 1 saturated heterocycles. The van der Waals surface area contributed by atoms with Crippen molar-refractivity contribution in [2.45, 2.75) is 0 Å². The molecule has 16 heteroatoms. The molecule has 1 aromatic rings. The average Bonchev–Trinajstić information content (AvgIpc) is 2.88. The summed E-state index contributed by atoms with van der Waals surface area (Å²) in [6, 6.07) is 3.07. The van der Waals surface area contributed by atoms with Gasteiger partial charge < -0.3 is 20.6 Å². The molecule has 2 rings (SSSR count). The molecule has 6 N–H and O–H groups in total. The Morgan fingerprint density at radius 2 is 1.13 bits per heavy atom. The van der Waals surface area contributed by atoms with Crippen molar-refractivity contribution in [1.82, 2.24) is 35.3 Å². The first kappa shape index (κ1) is 31.4. The summed E-state index contributed by atoms with van der Waals surface area (Å²) in [5.41, 5.74) is 5.57. The van der Waals surface area contributed by atoms with E-state index in [4.69, 9.17) is 0 Å². The van der Waals surface area contributed by atoms with Gasteiger partial charge >= 0.3 is 17.9 Å². The number of carbonyl (C=O) groups is 5. The number of carboxylic acids is 3. The minimum atomic E-state index is -1.03. The van der Waals surface area contributed by atoms with Crippen molar-refractivity contribution in [3.8, 4) is 0 Å². The van der Waals surface area contributed by atoms with E-state index in [1.54, 1.807) is 25.7 Å². The average molecular weight is 553 g/mol. The molecule has 0 spiro atoms. The lowest BCUT2D eigenvalue weighted by Gasteiger charge is -2.32. The molecule has 0 radical (unpaired) electrons.